The lowest BCUT2D eigenvalue weighted by Crippen LogP contribution is -1.97. The molecule has 0 aliphatic carbocycles. The molecule has 0 N–H and O–H groups in total. The predicted molar refractivity (Wildman–Crippen MR) is 118 cm³/mol. The second-order valence-corrected chi connectivity index (χ2v) is 7.95. The van der Waals surface area contributed by atoms with E-state index in [1.807, 2.05) is 60.0 Å². The average molecular weight is 405 g/mol. The molecule has 5 heteroatoms. The third kappa shape index (κ3) is 5.69. The summed E-state index contributed by atoms with van der Waals surface area (Å²) in [6.45, 7) is 4.79. The first-order valence-corrected chi connectivity index (χ1v) is 10.4. The summed E-state index contributed by atoms with van der Waals surface area (Å²) in [5, 5.41) is 12.4. The van der Waals surface area contributed by atoms with Gasteiger partial charge >= 0.3 is 0 Å². The second kappa shape index (κ2) is 9.90. The van der Waals surface area contributed by atoms with Crippen LogP contribution >= 0.6 is 11.3 Å². The molecule has 0 aliphatic rings. The number of hydrogen-bond donors (Lipinski definition) is 0. The maximum absolute atomic E-state index is 9.62. The normalized spacial score (nSPS) is 11.3. The largest absolute Gasteiger partial charge is 0.493 e. The van der Waals surface area contributed by atoms with Gasteiger partial charge in [0.15, 0.2) is 11.5 Å². The van der Waals surface area contributed by atoms with E-state index in [0.717, 1.165) is 28.2 Å². The highest BCUT2D eigenvalue weighted by molar-refractivity contribution is 7.11. The van der Waals surface area contributed by atoms with Crippen LogP contribution in [-0.2, 0) is 13.0 Å². The molecule has 0 bridgehead atoms. The first kappa shape index (κ1) is 20.6. The van der Waals surface area contributed by atoms with Crippen LogP contribution < -0.4 is 9.47 Å². The van der Waals surface area contributed by atoms with E-state index < -0.39 is 0 Å². The monoisotopic (exact) mass is 404 g/mol. The van der Waals surface area contributed by atoms with Crippen LogP contribution in [0.1, 0.15) is 35.7 Å². The quantitative estimate of drug-likeness (QED) is 0.433. The van der Waals surface area contributed by atoms with Gasteiger partial charge in [0.05, 0.1) is 18.4 Å². The molecule has 0 atom stereocenters. The minimum absolute atomic E-state index is 0.466. The second-order valence-electron chi connectivity index (χ2n) is 7.10. The number of thiazole rings is 1. The number of methoxy groups -OCH3 is 1. The van der Waals surface area contributed by atoms with Gasteiger partial charge in [-0.15, -0.1) is 11.3 Å². The van der Waals surface area contributed by atoms with Crippen LogP contribution in [0.4, 0.5) is 0 Å². The topological polar surface area (TPSA) is 55.1 Å². The van der Waals surface area contributed by atoms with E-state index in [2.05, 4.69) is 24.9 Å². The van der Waals surface area contributed by atoms with Crippen molar-refractivity contribution in [3.05, 3.63) is 75.7 Å². The van der Waals surface area contributed by atoms with E-state index in [-0.39, 0.29) is 0 Å². The average Bonchev–Trinajstić information content (AvgIpc) is 3.19. The van der Waals surface area contributed by atoms with Gasteiger partial charge in [-0.05, 0) is 41.7 Å². The SMILES string of the molecule is COc1cc(C=C(C#N)c2nc(CC(C)C)cs2)ccc1OCc1ccccc1. The number of aromatic nitrogens is 1. The molecule has 0 fully saturated rings. The Kier molecular flexibility index (Phi) is 7.04. The zero-order valence-electron chi connectivity index (χ0n) is 16.9. The summed E-state index contributed by atoms with van der Waals surface area (Å²) in [6.07, 6.45) is 2.75. The Morgan fingerprint density at radius 3 is 2.66 bits per heavy atom. The zero-order chi connectivity index (χ0) is 20.6. The Hall–Kier alpha value is -3.10. The van der Waals surface area contributed by atoms with Crippen molar-refractivity contribution in [2.45, 2.75) is 26.9 Å². The van der Waals surface area contributed by atoms with Gasteiger partial charge in [0.1, 0.15) is 17.7 Å². The van der Waals surface area contributed by atoms with Gasteiger partial charge in [-0.2, -0.15) is 5.26 Å². The van der Waals surface area contributed by atoms with Crippen molar-refractivity contribution in [1.82, 2.24) is 4.98 Å². The number of rotatable bonds is 8. The first-order chi connectivity index (χ1) is 14.1. The van der Waals surface area contributed by atoms with Crippen molar-refractivity contribution in [2.75, 3.05) is 7.11 Å². The van der Waals surface area contributed by atoms with E-state index in [4.69, 9.17) is 9.47 Å². The van der Waals surface area contributed by atoms with Crippen LogP contribution in [0.3, 0.4) is 0 Å². The highest BCUT2D eigenvalue weighted by Gasteiger charge is 2.11. The summed E-state index contributed by atoms with van der Waals surface area (Å²) < 4.78 is 11.4. The molecule has 0 aliphatic heterocycles. The molecule has 0 spiro atoms. The van der Waals surface area contributed by atoms with Crippen molar-refractivity contribution < 1.29 is 9.47 Å². The molecule has 0 unspecified atom stereocenters. The molecular formula is C24H24N2O2S. The lowest BCUT2D eigenvalue weighted by molar-refractivity contribution is 0.284. The van der Waals surface area contributed by atoms with Crippen LogP contribution in [0.5, 0.6) is 11.5 Å². The molecule has 1 aromatic heterocycles. The van der Waals surface area contributed by atoms with E-state index in [1.165, 1.54) is 11.3 Å². The van der Waals surface area contributed by atoms with Crippen LogP contribution in [0.2, 0.25) is 0 Å². The van der Waals surface area contributed by atoms with Gasteiger partial charge in [-0.25, -0.2) is 4.98 Å². The van der Waals surface area contributed by atoms with E-state index in [9.17, 15) is 5.26 Å². The van der Waals surface area contributed by atoms with Crippen molar-refractivity contribution in [1.29, 1.82) is 5.26 Å². The number of allylic oxidation sites excluding steroid dienone is 1. The van der Waals surface area contributed by atoms with E-state index in [0.29, 0.717) is 29.6 Å². The van der Waals surface area contributed by atoms with Crippen molar-refractivity contribution in [3.8, 4) is 17.6 Å². The summed E-state index contributed by atoms with van der Waals surface area (Å²) >= 11 is 1.50. The molecule has 148 valence electrons. The van der Waals surface area contributed by atoms with E-state index in [1.54, 1.807) is 7.11 Å². The summed E-state index contributed by atoms with van der Waals surface area (Å²) in [5.74, 6) is 1.83. The van der Waals surface area contributed by atoms with Gasteiger partial charge in [0, 0.05) is 5.38 Å². The van der Waals surface area contributed by atoms with Crippen molar-refractivity contribution >= 4 is 23.0 Å². The van der Waals surface area contributed by atoms with Gasteiger partial charge in [0.25, 0.3) is 0 Å². The number of hydrogen-bond acceptors (Lipinski definition) is 5. The maximum Gasteiger partial charge on any atom is 0.161 e. The lowest BCUT2D eigenvalue weighted by atomic mass is 10.1. The highest BCUT2D eigenvalue weighted by Crippen LogP contribution is 2.31. The lowest BCUT2D eigenvalue weighted by Gasteiger charge is -2.11. The number of ether oxygens (including phenoxy) is 2. The Labute approximate surface area is 176 Å². The Morgan fingerprint density at radius 1 is 1.17 bits per heavy atom. The van der Waals surface area contributed by atoms with Crippen LogP contribution in [0.25, 0.3) is 11.6 Å². The number of benzene rings is 2. The number of nitrogens with zero attached hydrogens (tertiary/aromatic N) is 2. The van der Waals surface area contributed by atoms with E-state index >= 15 is 0 Å². The van der Waals surface area contributed by atoms with Crippen molar-refractivity contribution in [3.63, 3.8) is 0 Å². The molecule has 29 heavy (non-hydrogen) atoms. The molecule has 0 saturated carbocycles. The fourth-order valence-corrected chi connectivity index (χ4v) is 3.68. The fourth-order valence-electron chi connectivity index (χ4n) is 2.88. The third-order valence-corrected chi connectivity index (χ3v) is 5.18. The smallest absolute Gasteiger partial charge is 0.161 e. The molecule has 3 aromatic rings. The Morgan fingerprint density at radius 2 is 1.97 bits per heavy atom. The van der Waals surface area contributed by atoms with Gasteiger partial charge in [0.2, 0.25) is 0 Å². The molecular weight excluding hydrogens is 380 g/mol. The van der Waals surface area contributed by atoms with Crippen molar-refractivity contribution in [2.24, 2.45) is 5.92 Å². The summed E-state index contributed by atoms with van der Waals surface area (Å²) in [6, 6.07) is 17.9. The molecule has 0 radical (unpaired) electrons. The van der Waals surface area contributed by atoms with Gasteiger partial charge in [-0.1, -0.05) is 50.2 Å². The van der Waals surface area contributed by atoms with Crippen LogP contribution in [0, 0.1) is 17.2 Å². The fraction of sp³-hybridized carbons (Fsp3) is 0.250. The summed E-state index contributed by atoms with van der Waals surface area (Å²) in [5.41, 5.74) is 3.53. The Balaban J connectivity index is 1.79. The molecule has 4 nitrogen and oxygen atoms in total. The number of nitriles is 1. The molecule has 2 aromatic carbocycles. The summed E-state index contributed by atoms with van der Waals surface area (Å²) in [7, 11) is 1.61. The molecule has 0 amide bonds. The van der Waals surface area contributed by atoms with Gasteiger partial charge in [-0.3, -0.25) is 0 Å². The summed E-state index contributed by atoms with van der Waals surface area (Å²) in [4.78, 5) is 4.61. The Bertz CT molecular complexity index is 1020. The van der Waals surface area contributed by atoms with Gasteiger partial charge < -0.3 is 9.47 Å². The third-order valence-electron chi connectivity index (χ3n) is 4.26. The standard InChI is InChI=1S/C24H24N2O2S/c1-17(2)11-21-16-29-24(26-21)20(14-25)12-19-9-10-22(23(13-19)27-3)28-15-18-7-5-4-6-8-18/h4-10,12-13,16-17H,11,15H2,1-3H3. The minimum Gasteiger partial charge on any atom is -0.493 e. The molecule has 0 saturated heterocycles. The first-order valence-electron chi connectivity index (χ1n) is 9.50. The highest BCUT2D eigenvalue weighted by atomic mass is 32.1. The predicted octanol–water partition coefficient (Wildman–Crippen LogP) is 5.99. The van der Waals surface area contributed by atoms with Crippen LogP contribution in [-0.4, -0.2) is 12.1 Å². The molecule has 1 heterocycles. The minimum atomic E-state index is 0.466. The van der Waals surface area contributed by atoms with Crippen LogP contribution in [0.15, 0.2) is 53.9 Å². The molecule has 3 rings (SSSR count). The maximum atomic E-state index is 9.62. The zero-order valence-corrected chi connectivity index (χ0v) is 17.7.